The molecular formula is C19H22N2O4S. The molecular weight excluding hydrogens is 352 g/mol. The van der Waals surface area contributed by atoms with Crippen molar-refractivity contribution in [2.75, 3.05) is 43.9 Å². The topological polar surface area (TPSA) is 66.9 Å². The number of para-hydroxylation sites is 1. The van der Waals surface area contributed by atoms with E-state index in [2.05, 4.69) is 4.90 Å². The minimum absolute atomic E-state index is 0.134. The van der Waals surface area contributed by atoms with E-state index in [9.17, 15) is 13.2 Å². The second-order valence-corrected chi connectivity index (χ2v) is 8.13. The van der Waals surface area contributed by atoms with Gasteiger partial charge in [0.25, 0.3) is 0 Å². The van der Waals surface area contributed by atoms with E-state index in [1.165, 1.54) is 19.2 Å². The molecule has 6 nitrogen and oxygen atoms in total. The molecule has 26 heavy (non-hydrogen) atoms. The minimum atomic E-state index is -3.66. The first-order chi connectivity index (χ1) is 12.5. The molecule has 0 saturated carbocycles. The van der Waals surface area contributed by atoms with Crippen molar-refractivity contribution in [3.05, 3.63) is 54.6 Å². The lowest BCUT2D eigenvalue weighted by molar-refractivity contribution is -0.128. The van der Waals surface area contributed by atoms with Gasteiger partial charge < -0.3 is 14.5 Å². The highest BCUT2D eigenvalue weighted by Crippen LogP contribution is 2.19. The van der Waals surface area contributed by atoms with Crippen molar-refractivity contribution in [2.45, 2.75) is 4.90 Å². The number of sulfone groups is 1. The van der Waals surface area contributed by atoms with Crippen LogP contribution in [0, 0.1) is 0 Å². The quantitative estimate of drug-likeness (QED) is 0.799. The molecule has 1 fully saturated rings. The summed E-state index contributed by atoms with van der Waals surface area (Å²) in [5.41, 5.74) is 1.12. The number of anilines is 1. The third-order valence-electron chi connectivity index (χ3n) is 4.49. The Labute approximate surface area is 153 Å². The average Bonchev–Trinajstić information content (AvgIpc) is 2.68. The molecule has 0 aromatic heterocycles. The van der Waals surface area contributed by atoms with Gasteiger partial charge in [-0.05, 0) is 36.4 Å². The van der Waals surface area contributed by atoms with Crippen molar-refractivity contribution in [2.24, 2.45) is 0 Å². The molecule has 2 aromatic carbocycles. The van der Waals surface area contributed by atoms with Crippen LogP contribution < -0.4 is 9.64 Å². The van der Waals surface area contributed by atoms with E-state index >= 15 is 0 Å². The maximum atomic E-state index is 12.5. The summed E-state index contributed by atoms with van der Waals surface area (Å²) in [4.78, 5) is 16.4. The molecule has 0 atom stereocenters. The van der Waals surface area contributed by atoms with Gasteiger partial charge in [0, 0.05) is 31.9 Å². The molecule has 0 spiro atoms. The Morgan fingerprint density at radius 1 is 0.962 bits per heavy atom. The summed E-state index contributed by atoms with van der Waals surface area (Å²) in [6.07, 6.45) is 0. The van der Waals surface area contributed by atoms with Crippen LogP contribution in [0.5, 0.6) is 5.75 Å². The molecule has 1 heterocycles. The zero-order chi connectivity index (χ0) is 18.6. The van der Waals surface area contributed by atoms with Crippen molar-refractivity contribution in [3.8, 4) is 5.75 Å². The van der Waals surface area contributed by atoms with E-state index < -0.39 is 15.6 Å². The second kappa shape index (κ2) is 7.78. The van der Waals surface area contributed by atoms with Gasteiger partial charge in [0.05, 0.1) is 12.0 Å². The standard InChI is InChI=1S/C19H22N2O4S/c1-25-17-7-9-18(10-8-17)26(23,24)15-19(22)21-13-11-20(12-14-21)16-5-3-2-4-6-16/h2-10H,11-15H2,1H3. The van der Waals surface area contributed by atoms with Gasteiger partial charge in [-0.2, -0.15) is 0 Å². The molecule has 7 heteroatoms. The van der Waals surface area contributed by atoms with Crippen molar-refractivity contribution in [1.82, 2.24) is 4.90 Å². The maximum absolute atomic E-state index is 12.5. The van der Waals surface area contributed by atoms with E-state index in [4.69, 9.17) is 4.74 Å². The van der Waals surface area contributed by atoms with Crippen LogP contribution >= 0.6 is 0 Å². The highest BCUT2D eigenvalue weighted by Gasteiger charge is 2.26. The van der Waals surface area contributed by atoms with Crippen LogP contribution in [0.2, 0.25) is 0 Å². The predicted octanol–water partition coefficient (Wildman–Crippen LogP) is 1.82. The van der Waals surface area contributed by atoms with Gasteiger partial charge in [-0.25, -0.2) is 8.42 Å². The Bertz CT molecular complexity index is 843. The fraction of sp³-hybridized carbons (Fsp3) is 0.316. The van der Waals surface area contributed by atoms with Crippen molar-refractivity contribution in [3.63, 3.8) is 0 Å². The Morgan fingerprint density at radius 2 is 1.58 bits per heavy atom. The molecule has 0 aliphatic carbocycles. The van der Waals surface area contributed by atoms with Gasteiger partial charge in [-0.3, -0.25) is 4.79 Å². The first-order valence-corrected chi connectivity index (χ1v) is 10.1. The Morgan fingerprint density at radius 3 is 2.15 bits per heavy atom. The Hall–Kier alpha value is -2.54. The number of rotatable bonds is 5. The van der Waals surface area contributed by atoms with Gasteiger partial charge >= 0.3 is 0 Å². The molecule has 2 aromatic rings. The fourth-order valence-electron chi connectivity index (χ4n) is 2.97. The molecule has 1 aliphatic heterocycles. The SMILES string of the molecule is COc1ccc(S(=O)(=O)CC(=O)N2CCN(c3ccccc3)CC2)cc1. The first-order valence-electron chi connectivity index (χ1n) is 8.44. The summed E-state index contributed by atoms with van der Waals surface area (Å²) in [5, 5.41) is 0. The monoisotopic (exact) mass is 374 g/mol. The number of carbonyl (C=O) groups is 1. The summed E-state index contributed by atoms with van der Waals surface area (Å²) < 4.78 is 30.0. The number of amides is 1. The normalized spacial score (nSPS) is 15.0. The number of nitrogens with zero attached hydrogens (tertiary/aromatic N) is 2. The summed E-state index contributed by atoms with van der Waals surface area (Å²) in [6, 6.07) is 16.1. The molecule has 0 radical (unpaired) electrons. The molecule has 138 valence electrons. The zero-order valence-corrected chi connectivity index (χ0v) is 15.5. The van der Waals surface area contributed by atoms with E-state index in [0.717, 1.165) is 5.69 Å². The van der Waals surface area contributed by atoms with Crippen LogP contribution in [0.15, 0.2) is 59.5 Å². The molecule has 0 unspecified atom stereocenters. The molecule has 0 bridgehead atoms. The van der Waals surface area contributed by atoms with Crippen LogP contribution in [-0.2, 0) is 14.6 Å². The first kappa shape index (κ1) is 18.3. The van der Waals surface area contributed by atoms with Crippen molar-refractivity contribution in [1.29, 1.82) is 0 Å². The summed E-state index contributed by atoms with van der Waals surface area (Å²) in [5.74, 6) is -0.286. The number of benzene rings is 2. The van der Waals surface area contributed by atoms with E-state index in [1.807, 2.05) is 30.3 Å². The maximum Gasteiger partial charge on any atom is 0.238 e. The number of piperazine rings is 1. The molecule has 1 amide bonds. The summed E-state index contributed by atoms with van der Waals surface area (Å²) in [6.45, 7) is 2.42. The Kier molecular flexibility index (Phi) is 5.46. The van der Waals surface area contributed by atoms with Crippen molar-refractivity contribution >= 4 is 21.4 Å². The highest BCUT2D eigenvalue weighted by atomic mass is 32.2. The fourth-order valence-corrected chi connectivity index (χ4v) is 4.20. The smallest absolute Gasteiger partial charge is 0.238 e. The number of methoxy groups -OCH3 is 1. The largest absolute Gasteiger partial charge is 0.497 e. The van der Waals surface area contributed by atoms with Crippen LogP contribution in [-0.4, -0.2) is 58.3 Å². The average molecular weight is 374 g/mol. The highest BCUT2D eigenvalue weighted by molar-refractivity contribution is 7.92. The van der Waals surface area contributed by atoms with Gasteiger partial charge in [0.2, 0.25) is 5.91 Å². The van der Waals surface area contributed by atoms with E-state index in [1.54, 1.807) is 17.0 Å². The Balaban J connectivity index is 1.59. The van der Waals surface area contributed by atoms with Crippen LogP contribution in [0.3, 0.4) is 0 Å². The third kappa shape index (κ3) is 4.16. The van der Waals surface area contributed by atoms with Gasteiger partial charge in [-0.1, -0.05) is 18.2 Å². The number of hydrogen-bond acceptors (Lipinski definition) is 5. The predicted molar refractivity (Wildman–Crippen MR) is 100 cm³/mol. The van der Waals surface area contributed by atoms with Gasteiger partial charge in [0.1, 0.15) is 11.5 Å². The van der Waals surface area contributed by atoms with Crippen molar-refractivity contribution < 1.29 is 17.9 Å². The van der Waals surface area contributed by atoms with E-state index in [0.29, 0.717) is 31.9 Å². The lowest BCUT2D eigenvalue weighted by Crippen LogP contribution is -2.50. The number of carbonyl (C=O) groups excluding carboxylic acids is 1. The molecule has 1 aliphatic rings. The van der Waals surface area contributed by atoms with Crippen LogP contribution in [0.4, 0.5) is 5.69 Å². The summed E-state index contributed by atoms with van der Waals surface area (Å²) in [7, 11) is -2.14. The van der Waals surface area contributed by atoms with E-state index in [-0.39, 0.29) is 10.8 Å². The molecule has 0 N–H and O–H groups in total. The number of ether oxygens (including phenoxy) is 1. The molecule has 3 rings (SSSR count). The zero-order valence-electron chi connectivity index (χ0n) is 14.7. The number of hydrogen-bond donors (Lipinski definition) is 0. The summed E-state index contributed by atoms with van der Waals surface area (Å²) >= 11 is 0. The van der Waals surface area contributed by atoms with Crippen LogP contribution in [0.1, 0.15) is 0 Å². The lowest BCUT2D eigenvalue weighted by Gasteiger charge is -2.36. The molecule has 1 saturated heterocycles. The third-order valence-corrected chi connectivity index (χ3v) is 6.10. The van der Waals surface area contributed by atoms with Gasteiger partial charge in [0.15, 0.2) is 9.84 Å². The minimum Gasteiger partial charge on any atom is -0.497 e. The lowest BCUT2D eigenvalue weighted by atomic mass is 10.2. The van der Waals surface area contributed by atoms with Crippen LogP contribution in [0.25, 0.3) is 0 Å². The van der Waals surface area contributed by atoms with Gasteiger partial charge in [-0.15, -0.1) is 0 Å². The second-order valence-electron chi connectivity index (χ2n) is 6.14.